The summed E-state index contributed by atoms with van der Waals surface area (Å²) in [6.45, 7) is 0.00984. The molecule has 0 saturated carbocycles. The molecule has 0 unspecified atom stereocenters. The van der Waals surface area contributed by atoms with Crippen LogP contribution in [0.2, 0.25) is 5.02 Å². The van der Waals surface area contributed by atoms with Gasteiger partial charge in [-0.05, 0) is 53.8 Å². The Kier molecular flexibility index (Phi) is 4.34. The van der Waals surface area contributed by atoms with Gasteiger partial charge in [0, 0.05) is 5.02 Å². The van der Waals surface area contributed by atoms with Crippen molar-refractivity contribution in [2.75, 3.05) is 0 Å². The van der Waals surface area contributed by atoms with Crippen LogP contribution in [0.5, 0.6) is 0 Å². The predicted molar refractivity (Wildman–Crippen MR) is 71.2 cm³/mol. The molecule has 2 aromatic rings. The summed E-state index contributed by atoms with van der Waals surface area (Å²) in [5, 5.41) is 9.92. The zero-order valence-corrected chi connectivity index (χ0v) is 10.6. The van der Waals surface area contributed by atoms with Crippen LogP contribution < -0.4 is 0 Å². The highest BCUT2D eigenvalue weighted by Crippen LogP contribution is 2.18. The lowest BCUT2D eigenvalue weighted by Crippen LogP contribution is -1.97. The van der Waals surface area contributed by atoms with Gasteiger partial charge < -0.3 is 5.11 Å². The molecule has 0 aliphatic rings. The van der Waals surface area contributed by atoms with Gasteiger partial charge in [0.05, 0.1) is 6.61 Å². The first-order valence-corrected chi connectivity index (χ1v) is 6.19. The Hall–Kier alpha value is -1.38. The summed E-state index contributed by atoms with van der Waals surface area (Å²) in [6.07, 6.45) is 1.58. The fraction of sp³-hybridized carbons (Fsp3) is 0.200. The third-order valence-electron chi connectivity index (χ3n) is 2.93. The highest BCUT2D eigenvalue weighted by Gasteiger charge is 2.03. The van der Waals surface area contributed by atoms with Gasteiger partial charge in [-0.1, -0.05) is 29.8 Å². The SMILES string of the molecule is OCc1ccc(Cl)cc1CCc1ccc(F)cc1. The van der Waals surface area contributed by atoms with Crippen LogP contribution in [-0.4, -0.2) is 5.11 Å². The topological polar surface area (TPSA) is 20.2 Å². The van der Waals surface area contributed by atoms with Crippen molar-refractivity contribution in [3.63, 3.8) is 0 Å². The van der Waals surface area contributed by atoms with Crippen molar-refractivity contribution in [3.8, 4) is 0 Å². The molecule has 0 atom stereocenters. The van der Waals surface area contributed by atoms with Crippen molar-refractivity contribution < 1.29 is 9.50 Å². The van der Waals surface area contributed by atoms with E-state index in [9.17, 15) is 9.50 Å². The monoisotopic (exact) mass is 264 g/mol. The van der Waals surface area contributed by atoms with E-state index < -0.39 is 0 Å². The molecule has 2 aromatic carbocycles. The van der Waals surface area contributed by atoms with Gasteiger partial charge in [0.25, 0.3) is 0 Å². The lowest BCUT2D eigenvalue weighted by Gasteiger charge is -2.08. The molecule has 0 amide bonds. The number of aryl methyl sites for hydroxylation is 2. The minimum atomic E-state index is -0.224. The molecule has 0 aliphatic carbocycles. The molecule has 0 fully saturated rings. The first-order chi connectivity index (χ1) is 8.69. The van der Waals surface area contributed by atoms with Crippen molar-refractivity contribution in [1.29, 1.82) is 0 Å². The quantitative estimate of drug-likeness (QED) is 0.892. The normalized spacial score (nSPS) is 10.6. The maximum atomic E-state index is 12.8. The lowest BCUT2D eigenvalue weighted by atomic mass is 10.0. The zero-order valence-electron chi connectivity index (χ0n) is 9.87. The smallest absolute Gasteiger partial charge is 0.123 e. The summed E-state index contributed by atoms with van der Waals surface area (Å²) in [5.74, 6) is -0.224. The molecule has 0 aliphatic heterocycles. The second-order valence-corrected chi connectivity index (χ2v) is 4.63. The average molecular weight is 265 g/mol. The van der Waals surface area contributed by atoms with Gasteiger partial charge in [0.2, 0.25) is 0 Å². The van der Waals surface area contributed by atoms with Crippen molar-refractivity contribution in [1.82, 2.24) is 0 Å². The Balaban J connectivity index is 2.09. The van der Waals surface area contributed by atoms with E-state index in [4.69, 9.17) is 11.6 Å². The Bertz CT molecular complexity index is 523. The molecule has 0 radical (unpaired) electrons. The van der Waals surface area contributed by atoms with Crippen LogP contribution >= 0.6 is 11.6 Å². The molecule has 1 N–H and O–H groups in total. The molecule has 3 heteroatoms. The molecule has 0 heterocycles. The molecule has 0 saturated heterocycles. The van der Waals surface area contributed by atoms with Gasteiger partial charge in [-0.25, -0.2) is 4.39 Å². The van der Waals surface area contributed by atoms with E-state index in [1.165, 1.54) is 12.1 Å². The van der Waals surface area contributed by atoms with E-state index in [1.807, 2.05) is 12.1 Å². The van der Waals surface area contributed by atoms with Crippen LogP contribution in [0.25, 0.3) is 0 Å². The number of aliphatic hydroxyl groups is 1. The van der Waals surface area contributed by atoms with Crippen molar-refractivity contribution >= 4 is 11.6 Å². The Morgan fingerprint density at radius 2 is 1.67 bits per heavy atom. The third kappa shape index (κ3) is 3.31. The zero-order chi connectivity index (χ0) is 13.0. The van der Waals surface area contributed by atoms with E-state index in [2.05, 4.69) is 0 Å². The number of hydrogen-bond donors (Lipinski definition) is 1. The summed E-state index contributed by atoms with van der Waals surface area (Å²) >= 11 is 5.95. The number of aliphatic hydroxyl groups excluding tert-OH is 1. The lowest BCUT2D eigenvalue weighted by molar-refractivity contribution is 0.280. The van der Waals surface area contributed by atoms with E-state index in [0.717, 1.165) is 29.5 Å². The summed E-state index contributed by atoms with van der Waals surface area (Å²) in [6, 6.07) is 11.9. The molecule has 0 aromatic heterocycles. The van der Waals surface area contributed by atoms with Crippen molar-refractivity contribution in [2.24, 2.45) is 0 Å². The predicted octanol–water partition coefficient (Wildman–Crippen LogP) is 3.76. The molecule has 2 rings (SSSR count). The Labute approximate surface area is 111 Å². The number of rotatable bonds is 4. The first kappa shape index (κ1) is 13.1. The van der Waals surface area contributed by atoms with Gasteiger partial charge in [-0.2, -0.15) is 0 Å². The molecular formula is C15H14ClFO. The van der Waals surface area contributed by atoms with Crippen LogP contribution in [0.3, 0.4) is 0 Å². The molecule has 1 nitrogen and oxygen atoms in total. The molecule has 0 bridgehead atoms. The number of hydrogen-bond acceptors (Lipinski definition) is 1. The molecule has 18 heavy (non-hydrogen) atoms. The highest BCUT2D eigenvalue weighted by molar-refractivity contribution is 6.30. The van der Waals surface area contributed by atoms with Crippen molar-refractivity contribution in [3.05, 3.63) is 70.0 Å². The Morgan fingerprint density at radius 1 is 0.944 bits per heavy atom. The van der Waals surface area contributed by atoms with Gasteiger partial charge in [-0.15, -0.1) is 0 Å². The maximum Gasteiger partial charge on any atom is 0.123 e. The van der Waals surface area contributed by atoms with Crippen LogP contribution in [0, 0.1) is 5.82 Å². The minimum Gasteiger partial charge on any atom is -0.392 e. The van der Waals surface area contributed by atoms with Crippen molar-refractivity contribution in [2.45, 2.75) is 19.4 Å². The van der Waals surface area contributed by atoms with Gasteiger partial charge in [0.1, 0.15) is 5.82 Å². The number of benzene rings is 2. The van der Waals surface area contributed by atoms with E-state index in [0.29, 0.717) is 5.02 Å². The standard InChI is InChI=1S/C15H14ClFO/c16-14-6-5-13(10-18)12(9-14)4-1-11-2-7-15(17)8-3-11/h2-3,5-9,18H,1,4,10H2. The molecular weight excluding hydrogens is 251 g/mol. The average Bonchev–Trinajstić information content (AvgIpc) is 2.38. The van der Waals surface area contributed by atoms with Gasteiger partial charge in [0.15, 0.2) is 0 Å². The van der Waals surface area contributed by atoms with Gasteiger partial charge >= 0.3 is 0 Å². The summed E-state index contributed by atoms with van der Waals surface area (Å²) in [5.41, 5.74) is 3.00. The second-order valence-electron chi connectivity index (χ2n) is 4.20. The molecule has 94 valence electrons. The van der Waals surface area contributed by atoms with Gasteiger partial charge in [-0.3, -0.25) is 0 Å². The van der Waals surface area contributed by atoms with Crippen LogP contribution in [0.1, 0.15) is 16.7 Å². The molecule has 0 spiro atoms. The van der Waals surface area contributed by atoms with E-state index >= 15 is 0 Å². The largest absolute Gasteiger partial charge is 0.392 e. The number of halogens is 2. The first-order valence-electron chi connectivity index (χ1n) is 5.81. The minimum absolute atomic E-state index is 0.00984. The van der Waals surface area contributed by atoms with Crippen LogP contribution in [-0.2, 0) is 19.4 Å². The summed E-state index contributed by atoms with van der Waals surface area (Å²) in [7, 11) is 0. The van der Waals surface area contributed by atoms with E-state index in [-0.39, 0.29) is 12.4 Å². The summed E-state index contributed by atoms with van der Waals surface area (Å²) in [4.78, 5) is 0. The van der Waals surface area contributed by atoms with Crippen LogP contribution in [0.15, 0.2) is 42.5 Å². The van der Waals surface area contributed by atoms with Crippen LogP contribution in [0.4, 0.5) is 4.39 Å². The maximum absolute atomic E-state index is 12.8. The Morgan fingerprint density at radius 3 is 2.33 bits per heavy atom. The third-order valence-corrected chi connectivity index (χ3v) is 3.17. The fourth-order valence-electron chi connectivity index (χ4n) is 1.91. The second kappa shape index (κ2) is 5.98. The summed E-state index contributed by atoms with van der Waals surface area (Å²) < 4.78 is 12.8. The highest BCUT2D eigenvalue weighted by atomic mass is 35.5. The fourth-order valence-corrected chi connectivity index (χ4v) is 2.11. The van der Waals surface area contributed by atoms with E-state index in [1.54, 1.807) is 18.2 Å².